The summed E-state index contributed by atoms with van der Waals surface area (Å²) in [6.07, 6.45) is 4.27. The molecule has 1 saturated carbocycles. The van der Waals surface area contributed by atoms with Crippen molar-refractivity contribution in [1.29, 1.82) is 0 Å². The second kappa shape index (κ2) is 4.28. The average Bonchev–Trinajstić information content (AvgIpc) is 1.97. The van der Waals surface area contributed by atoms with E-state index in [0.717, 1.165) is 4.43 Å². The molecule has 0 radical (unpaired) electrons. The zero-order valence-electron chi connectivity index (χ0n) is 6.78. The summed E-state index contributed by atoms with van der Waals surface area (Å²) in [6.45, 7) is 2.09. The number of halogens is 2. The maximum Gasteiger partial charge on any atom is 0.0881 e. The van der Waals surface area contributed by atoms with Crippen LogP contribution >= 0.6 is 34.2 Å². The quantitative estimate of drug-likeness (QED) is 0.571. The minimum atomic E-state index is -0.0901. The van der Waals surface area contributed by atoms with Crippen LogP contribution in [0.1, 0.15) is 26.2 Å². The van der Waals surface area contributed by atoms with Gasteiger partial charge in [0, 0.05) is 4.43 Å². The molecule has 0 aromatic rings. The van der Waals surface area contributed by atoms with Crippen molar-refractivity contribution in [3.63, 3.8) is 0 Å². The Bertz CT molecular complexity index is 121. The molecule has 3 heteroatoms. The van der Waals surface area contributed by atoms with Gasteiger partial charge < -0.3 is 4.74 Å². The topological polar surface area (TPSA) is 9.23 Å². The molecule has 0 aromatic carbocycles. The largest absolute Gasteiger partial charge is 0.370 e. The van der Waals surface area contributed by atoms with E-state index < -0.39 is 0 Å². The van der Waals surface area contributed by atoms with E-state index in [9.17, 15) is 0 Å². The molecule has 0 heterocycles. The van der Waals surface area contributed by atoms with Crippen molar-refractivity contribution >= 4 is 34.2 Å². The van der Waals surface area contributed by atoms with Crippen molar-refractivity contribution in [3.8, 4) is 0 Å². The van der Waals surface area contributed by atoms with Crippen LogP contribution in [0.2, 0.25) is 0 Å². The second-order valence-electron chi connectivity index (χ2n) is 3.39. The summed E-state index contributed by atoms with van der Waals surface area (Å²) < 4.78 is 6.81. The van der Waals surface area contributed by atoms with Crippen LogP contribution in [-0.4, -0.2) is 22.0 Å². The van der Waals surface area contributed by atoms with Gasteiger partial charge in [0.2, 0.25) is 0 Å². The van der Waals surface area contributed by atoms with E-state index in [1.807, 2.05) is 0 Å². The van der Waals surface area contributed by atoms with Crippen molar-refractivity contribution < 1.29 is 4.74 Å². The average molecular weight is 289 g/mol. The number of rotatable bonds is 4. The Morgan fingerprint density at radius 2 is 2.27 bits per heavy atom. The van der Waals surface area contributed by atoms with E-state index in [-0.39, 0.29) is 5.60 Å². The Hall–Kier alpha value is 0.980. The third kappa shape index (κ3) is 2.74. The molecule has 1 rings (SSSR count). The molecule has 1 aliphatic carbocycles. The number of hydrogen-bond acceptors (Lipinski definition) is 1. The first-order chi connectivity index (χ1) is 5.20. The Labute approximate surface area is 87.0 Å². The molecule has 0 saturated heterocycles. The van der Waals surface area contributed by atoms with Gasteiger partial charge in [-0.25, -0.2) is 0 Å². The van der Waals surface area contributed by atoms with Gasteiger partial charge in [0.25, 0.3) is 0 Å². The van der Waals surface area contributed by atoms with Crippen LogP contribution in [0.5, 0.6) is 0 Å². The van der Waals surface area contributed by atoms with E-state index in [2.05, 4.69) is 29.5 Å². The van der Waals surface area contributed by atoms with Gasteiger partial charge in [-0.1, -0.05) is 22.6 Å². The van der Waals surface area contributed by atoms with Crippen LogP contribution in [0.3, 0.4) is 0 Å². The van der Waals surface area contributed by atoms with Crippen LogP contribution in [0.4, 0.5) is 0 Å². The number of hydrogen-bond donors (Lipinski definition) is 0. The maximum atomic E-state index is 5.83. The lowest BCUT2D eigenvalue weighted by Crippen LogP contribution is -2.39. The standard InChI is InChI=1S/C8H14ClIO/c1-8(5-9,6-10)11-7-3-2-4-7/h7H,2-6H2,1H3. The third-order valence-corrected chi connectivity index (χ3v) is 4.25. The Balaban J connectivity index is 2.29. The molecule has 0 bridgehead atoms. The normalized spacial score (nSPS) is 24.3. The van der Waals surface area contributed by atoms with Crippen molar-refractivity contribution in [1.82, 2.24) is 0 Å². The van der Waals surface area contributed by atoms with Crippen molar-refractivity contribution in [2.45, 2.75) is 37.9 Å². The van der Waals surface area contributed by atoms with Gasteiger partial charge >= 0.3 is 0 Å². The second-order valence-corrected chi connectivity index (χ2v) is 4.42. The molecule has 0 amide bonds. The van der Waals surface area contributed by atoms with Crippen LogP contribution in [0.15, 0.2) is 0 Å². The third-order valence-electron chi connectivity index (χ3n) is 2.07. The lowest BCUT2D eigenvalue weighted by atomic mass is 9.95. The molecule has 1 unspecified atom stereocenters. The first-order valence-corrected chi connectivity index (χ1v) is 6.06. The highest BCUT2D eigenvalue weighted by atomic mass is 127. The van der Waals surface area contributed by atoms with Gasteiger partial charge in [0.05, 0.1) is 17.6 Å². The predicted octanol–water partition coefficient (Wildman–Crippen LogP) is 2.99. The smallest absolute Gasteiger partial charge is 0.0881 e. The zero-order chi connectivity index (χ0) is 8.32. The van der Waals surface area contributed by atoms with Gasteiger partial charge in [-0.15, -0.1) is 11.6 Å². The fourth-order valence-electron chi connectivity index (χ4n) is 0.990. The lowest BCUT2D eigenvalue weighted by Gasteiger charge is -2.35. The summed E-state index contributed by atoms with van der Waals surface area (Å²) in [7, 11) is 0. The fraction of sp³-hybridized carbons (Fsp3) is 1.00. The molecule has 1 aliphatic rings. The highest BCUT2D eigenvalue weighted by Gasteiger charge is 2.29. The van der Waals surface area contributed by atoms with E-state index in [4.69, 9.17) is 16.3 Å². The van der Waals surface area contributed by atoms with E-state index in [1.54, 1.807) is 0 Å². The van der Waals surface area contributed by atoms with Gasteiger partial charge in [0.1, 0.15) is 0 Å². The highest BCUT2D eigenvalue weighted by molar-refractivity contribution is 14.1. The number of ether oxygens (including phenoxy) is 1. The van der Waals surface area contributed by atoms with Gasteiger partial charge in [0.15, 0.2) is 0 Å². The summed E-state index contributed by atoms with van der Waals surface area (Å²) in [5.41, 5.74) is -0.0901. The Morgan fingerprint density at radius 3 is 2.55 bits per heavy atom. The SMILES string of the molecule is CC(CCl)(CI)OC1CCC1. The maximum absolute atomic E-state index is 5.83. The molecule has 1 nitrogen and oxygen atoms in total. The molecule has 0 spiro atoms. The van der Waals surface area contributed by atoms with E-state index in [1.165, 1.54) is 19.3 Å². The summed E-state index contributed by atoms with van der Waals surface area (Å²) in [5, 5.41) is 0. The minimum Gasteiger partial charge on any atom is -0.370 e. The summed E-state index contributed by atoms with van der Waals surface area (Å²) in [5.74, 6) is 0.604. The molecular weight excluding hydrogens is 274 g/mol. The van der Waals surface area contributed by atoms with Crippen molar-refractivity contribution in [2.75, 3.05) is 10.3 Å². The molecule has 1 fully saturated rings. The van der Waals surface area contributed by atoms with E-state index in [0.29, 0.717) is 12.0 Å². The Kier molecular flexibility index (Phi) is 3.92. The first kappa shape index (κ1) is 10.1. The molecular formula is C8H14ClIO. The molecule has 0 N–H and O–H groups in total. The molecule has 0 aromatic heterocycles. The zero-order valence-corrected chi connectivity index (χ0v) is 9.69. The summed E-state index contributed by atoms with van der Waals surface area (Å²) in [4.78, 5) is 0. The molecule has 1 atom stereocenters. The van der Waals surface area contributed by atoms with Crippen LogP contribution in [0.25, 0.3) is 0 Å². The molecule has 11 heavy (non-hydrogen) atoms. The first-order valence-electron chi connectivity index (χ1n) is 4.00. The van der Waals surface area contributed by atoms with E-state index >= 15 is 0 Å². The number of alkyl halides is 2. The van der Waals surface area contributed by atoms with Crippen LogP contribution in [0, 0.1) is 0 Å². The van der Waals surface area contributed by atoms with Gasteiger partial charge in [-0.2, -0.15) is 0 Å². The highest BCUT2D eigenvalue weighted by Crippen LogP contribution is 2.28. The van der Waals surface area contributed by atoms with Crippen molar-refractivity contribution in [3.05, 3.63) is 0 Å². The Morgan fingerprint density at radius 1 is 1.64 bits per heavy atom. The summed E-state index contributed by atoms with van der Waals surface area (Å²) in [6, 6.07) is 0. The molecule has 66 valence electrons. The fourth-order valence-corrected chi connectivity index (χ4v) is 1.92. The summed E-state index contributed by atoms with van der Waals surface area (Å²) >= 11 is 8.13. The van der Waals surface area contributed by atoms with Gasteiger partial charge in [-0.05, 0) is 26.2 Å². The van der Waals surface area contributed by atoms with Crippen LogP contribution in [-0.2, 0) is 4.74 Å². The minimum absolute atomic E-state index is 0.0901. The van der Waals surface area contributed by atoms with Gasteiger partial charge in [-0.3, -0.25) is 0 Å². The monoisotopic (exact) mass is 288 g/mol. The molecule has 0 aliphatic heterocycles. The van der Waals surface area contributed by atoms with Crippen LogP contribution < -0.4 is 0 Å². The van der Waals surface area contributed by atoms with Crippen molar-refractivity contribution in [2.24, 2.45) is 0 Å². The predicted molar refractivity (Wildman–Crippen MR) is 56.7 cm³/mol. The lowest BCUT2D eigenvalue weighted by molar-refractivity contribution is -0.0855.